The third kappa shape index (κ3) is 3.14. The molecule has 0 bridgehead atoms. The molecule has 0 N–H and O–H groups in total. The average Bonchev–Trinajstić information content (AvgIpc) is 3.49. The summed E-state index contributed by atoms with van der Waals surface area (Å²) in [5.74, 6) is 3.63. The van der Waals surface area contributed by atoms with Gasteiger partial charge in [0.2, 0.25) is 0 Å². The maximum Gasteiger partial charge on any atom is 0.135 e. The zero-order chi connectivity index (χ0) is 17.4. The predicted octanol–water partition coefficient (Wildman–Crippen LogP) is 2.56. The second-order valence-corrected chi connectivity index (χ2v) is 6.88. The molecule has 6 heteroatoms. The Morgan fingerprint density at radius 3 is 2.36 bits per heavy atom. The van der Waals surface area contributed by atoms with Crippen LogP contribution in [0.4, 0.5) is 11.6 Å². The van der Waals surface area contributed by atoms with Crippen LogP contribution < -0.4 is 9.80 Å². The van der Waals surface area contributed by atoms with Crippen molar-refractivity contribution in [2.24, 2.45) is 0 Å². The van der Waals surface area contributed by atoms with Gasteiger partial charge in [0, 0.05) is 49.6 Å². The molecule has 0 amide bonds. The van der Waals surface area contributed by atoms with E-state index in [9.17, 15) is 0 Å². The molecule has 2 aromatic heterocycles. The number of rotatable bonds is 3. The highest BCUT2D eigenvalue weighted by atomic mass is 15.3. The molecule has 0 aromatic carbocycles. The van der Waals surface area contributed by atoms with E-state index in [2.05, 4.69) is 39.7 Å². The highest BCUT2D eigenvalue weighted by molar-refractivity contribution is 5.51. The maximum atomic E-state index is 8.89. The van der Waals surface area contributed by atoms with E-state index in [1.54, 1.807) is 6.20 Å². The minimum Gasteiger partial charge on any atom is -0.353 e. The molecule has 0 unspecified atom stereocenters. The molecule has 25 heavy (non-hydrogen) atoms. The van der Waals surface area contributed by atoms with Gasteiger partial charge in [-0.05, 0) is 38.8 Å². The Balaban J connectivity index is 1.49. The Kier molecular flexibility index (Phi) is 4.00. The summed E-state index contributed by atoms with van der Waals surface area (Å²) < 4.78 is 0. The van der Waals surface area contributed by atoms with E-state index in [1.165, 1.54) is 18.4 Å². The van der Waals surface area contributed by atoms with Crippen LogP contribution in [-0.4, -0.2) is 41.1 Å². The van der Waals surface area contributed by atoms with Crippen LogP contribution in [0.3, 0.4) is 0 Å². The summed E-state index contributed by atoms with van der Waals surface area (Å²) in [6.07, 6.45) is 4.09. The van der Waals surface area contributed by atoms with Crippen molar-refractivity contribution in [3.05, 3.63) is 41.0 Å². The van der Waals surface area contributed by atoms with Gasteiger partial charge in [0.1, 0.15) is 23.5 Å². The van der Waals surface area contributed by atoms with Gasteiger partial charge in [-0.1, -0.05) is 0 Å². The molecule has 0 spiro atoms. The minimum atomic E-state index is 0.571. The molecule has 1 saturated heterocycles. The van der Waals surface area contributed by atoms with Crippen molar-refractivity contribution in [3.8, 4) is 6.07 Å². The third-order valence-corrected chi connectivity index (χ3v) is 5.10. The largest absolute Gasteiger partial charge is 0.353 e. The summed E-state index contributed by atoms with van der Waals surface area (Å²) in [6, 6.07) is 5.87. The quantitative estimate of drug-likeness (QED) is 0.859. The van der Waals surface area contributed by atoms with Gasteiger partial charge < -0.3 is 9.80 Å². The van der Waals surface area contributed by atoms with Crippen molar-refractivity contribution >= 4 is 11.6 Å². The number of nitriles is 1. The first-order valence-electron chi connectivity index (χ1n) is 8.87. The average molecular weight is 334 g/mol. The van der Waals surface area contributed by atoms with Crippen molar-refractivity contribution in [2.75, 3.05) is 36.0 Å². The number of hydrogen-bond donors (Lipinski definition) is 0. The number of aromatic nitrogens is 3. The SMILES string of the molecule is Cc1nc(C2CC2)nc(N2CCN(c3ccc(C#N)cn3)CC2)c1C. The molecule has 1 aliphatic carbocycles. The first kappa shape index (κ1) is 15.8. The zero-order valence-electron chi connectivity index (χ0n) is 14.7. The van der Waals surface area contributed by atoms with E-state index >= 15 is 0 Å². The van der Waals surface area contributed by atoms with E-state index < -0.39 is 0 Å². The second-order valence-electron chi connectivity index (χ2n) is 6.88. The molecule has 0 atom stereocenters. The second kappa shape index (κ2) is 6.32. The van der Waals surface area contributed by atoms with Crippen molar-refractivity contribution in [1.82, 2.24) is 15.0 Å². The molecule has 1 saturated carbocycles. The van der Waals surface area contributed by atoms with Crippen molar-refractivity contribution in [2.45, 2.75) is 32.6 Å². The smallest absolute Gasteiger partial charge is 0.135 e. The first-order valence-corrected chi connectivity index (χ1v) is 8.87. The fourth-order valence-corrected chi connectivity index (χ4v) is 3.25. The fraction of sp³-hybridized carbons (Fsp3) is 0.474. The molecule has 3 heterocycles. The monoisotopic (exact) mass is 334 g/mol. The van der Waals surface area contributed by atoms with Crippen molar-refractivity contribution in [1.29, 1.82) is 5.26 Å². The van der Waals surface area contributed by atoms with Crippen LogP contribution >= 0.6 is 0 Å². The lowest BCUT2D eigenvalue weighted by atomic mass is 10.2. The van der Waals surface area contributed by atoms with Gasteiger partial charge in [0.15, 0.2) is 0 Å². The molecule has 128 valence electrons. The first-order chi connectivity index (χ1) is 12.2. The van der Waals surface area contributed by atoms with Gasteiger partial charge in [-0.25, -0.2) is 15.0 Å². The van der Waals surface area contributed by atoms with Gasteiger partial charge in [-0.2, -0.15) is 5.26 Å². The Morgan fingerprint density at radius 2 is 1.76 bits per heavy atom. The minimum absolute atomic E-state index is 0.571. The molecule has 2 aliphatic rings. The van der Waals surface area contributed by atoms with Crippen molar-refractivity contribution < 1.29 is 0 Å². The highest BCUT2D eigenvalue weighted by Gasteiger charge is 2.29. The van der Waals surface area contributed by atoms with Crippen LogP contribution in [0.25, 0.3) is 0 Å². The molecule has 2 aromatic rings. The van der Waals surface area contributed by atoms with Crippen LogP contribution in [0.15, 0.2) is 18.3 Å². The van der Waals surface area contributed by atoms with Gasteiger partial charge in [0.25, 0.3) is 0 Å². The maximum absolute atomic E-state index is 8.89. The summed E-state index contributed by atoms with van der Waals surface area (Å²) in [5, 5.41) is 8.89. The van der Waals surface area contributed by atoms with Crippen LogP contribution in [0, 0.1) is 25.2 Å². The number of piperazine rings is 1. The van der Waals surface area contributed by atoms with Crippen LogP contribution in [-0.2, 0) is 0 Å². The summed E-state index contributed by atoms with van der Waals surface area (Å²) in [4.78, 5) is 18.6. The van der Waals surface area contributed by atoms with Crippen LogP contribution in [0.2, 0.25) is 0 Å². The number of hydrogen-bond acceptors (Lipinski definition) is 6. The Morgan fingerprint density at radius 1 is 1.04 bits per heavy atom. The van der Waals surface area contributed by atoms with Crippen molar-refractivity contribution in [3.63, 3.8) is 0 Å². The molecular formula is C19H22N6. The third-order valence-electron chi connectivity index (χ3n) is 5.10. The standard InChI is InChI=1S/C19H22N6/c1-13-14(2)22-18(16-4-5-16)23-19(13)25-9-7-24(8-10-25)17-6-3-15(11-20)12-21-17/h3,6,12,16H,4-5,7-10H2,1-2H3. The Bertz CT molecular complexity index is 811. The Labute approximate surface area is 148 Å². The van der Waals surface area contributed by atoms with Gasteiger partial charge in [0.05, 0.1) is 5.56 Å². The van der Waals surface area contributed by atoms with E-state index in [1.807, 2.05) is 12.1 Å². The number of pyridine rings is 1. The van der Waals surface area contributed by atoms with Gasteiger partial charge >= 0.3 is 0 Å². The lowest BCUT2D eigenvalue weighted by Gasteiger charge is -2.36. The number of anilines is 2. The van der Waals surface area contributed by atoms with Gasteiger partial charge in [-0.15, -0.1) is 0 Å². The normalized spacial score (nSPS) is 17.5. The molecule has 4 rings (SSSR count). The number of nitrogens with zero attached hydrogens (tertiary/aromatic N) is 6. The van der Waals surface area contributed by atoms with Crippen LogP contribution in [0.5, 0.6) is 0 Å². The van der Waals surface area contributed by atoms with Gasteiger partial charge in [-0.3, -0.25) is 0 Å². The molecular weight excluding hydrogens is 312 g/mol. The molecule has 0 radical (unpaired) electrons. The fourth-order valence-electron chi connectivity index (χ4n) is 3.25. The summed E-state index contributed by atoms with van der Waals surface area (Å²) >= 11 is 0. The van der Waals surface area contributed by atoms with E-state index in [0.717, 1.165) is 49.3 Å². The number of aryl methyl sites for hydroxylation is 1. The van der Waals surface area contributed by atoms with E-state index in [0.29, 0.717) is 11.5 Å². The summed E-state index contributed by atoms with van der Waals surface area (Å²) in [6.45, 7) is 7.85. The summed E-state index contributed by atoms with van der Waals surface area (Å²) in [5.41, 5.74) is 2.89. The zero-order valence-corrected chi connectivity index (χ0v) is 14.7. The predicted molar refractivity (Wildman–Crippen MR) is 96.9 cm³/mol. The van der Waals surface area contributed by atoms with E-state index in [4.69, 9.17) is 10.2 Å². The Hall–Kier alpha value is -2.68. The van der Waals surface area contributed by atoms with Crippen LogP contribution in [0.1, 0.15) is 41.4 Å². The molecule has 6 nitrogen and oxygen atoms in total. The molecule has 2 fully saturated rings. The lowest BCUT2D eigenvalue weighted by Crippen LogP contribution is -2.47. The summed E-state index contributed by atoms with van der Waals surface area (Å²) in [7, 11) is 0. The topological polar surface area (TPSA) is 68.9 Å². The van der Waals surface area contributed by atoms with E-state index in [-0.39, 0.29) is 0 Å². The lowest BCUT2D eigenvalue weighted by molar-refractivity contribution is 0.636. The highest BCUT2D eigenvalue weighted by Crippen LogP contribution is 2.39. The molecule has 1 aliphatic heterocycles.